The highest BCUT2D eigenvalue weighted by Crippen LogP contribution is 2.31. The lowest BCUT2D eigenvalue weighted by Crippen LogP contribution is -2.50. The highest BCUT2D eigenvalue weighted by Gasteiger charge is 2.23. The molecule has 1 unspecified atom stereocenters. The summed E-state index contributed by atoms with van der Waals surface area (Å²) >= 11 is 3.01. The molecule has 0 spiro atoms. The Labute approximate surface area is 236 Å². The standard InChI is InChI=1S/C28H33N5O4S2/c1-19(17-34)29-15-21-6-8-23(9-7-21)26(36)31-28-30-16-25(39-28)38-18-22-4-3-5-24(14-22)27(37)33-12-10-32(11-13-33)20(2)35/h3-9,14,16,19,29,34H,10-13,15,17-18H2,1-2H3,(H,30,31,36). The van der Waals surface area contributed by atoms with Gasteiger partial charge in [-0.3, -0.25) is 19.7 Å². The highest BCUT2D eigenvalue weighted by molar-refractivity contribution is 8.00. The van der Waals surface area contributed by atoms with Crippen LogP contribution < -0.4 is 10.6 Å². The van der Waals surface area contributed by atoms with E-state index in [-0.39, 0.29) is 30.4 Å². The number of anilines is 1. The van der Waals surface area contributed by atoms with Crippen molar-refractivity contribution in [3.8, 4) is 0 Å². The summed E-state index contributed by atoms with van der Waals surface area (Å²) in [6, 6.07) is 15.0. The maximum absolute atomic E-state index is 13.0. The van der Waals surface area contributed by atoms with Gasteiger partial charge >= 0.3 is 0 Å². The average molecular weight is 568 g/mol. The largest absolute Gasteiger partial charge is 0.395 e. The van der Waals surface area contributed by atoms with Crippen molar-refractivity contribution in [2.45, 2.75) is 36.4 Å². The van der Waals surface area contributed by atoms with Gasteiger partial charge < -0.3 is 20.2 Å². The zero-order valence-electron chi connectivity index (χ0n) is 22.1. The van der Waals surface area contributed by atoms with Gasteiger partial charge in [-0.15, -0.1) is 11.8 Å². The van der Waals surface area contributed by atoms with Gasteiger partial charge in [-0.2, -0.15) is 0 Å². The lowest BCUT2D eigenvalue weighted by atomic mass is 10.1. The Morgan fingerprint density at radius 2 is 1.74 bits per heavy atom. The maximum atomic E-state index is 13.0. The smallest absolute Gasteiger partial charge is 0.257 e. The first-order chi connectivity index (χ1) is 18.8. The number of piperazine rings is 1. The molecule has 1 saturated heterocycles. The number of benzene rings is 2. The molecule has 0 radical (unpaired) electrons. The zero-order chi connectivity index (χ0) is 27.8. The van der Waals surface area contributed by atoms with E-state index in [1.54, 1.807) is 46.8 Å². The first-order valence-corrected chi connectivity index (χ1v) is 14.6. The number of nitrogens with zero attached hydrogens (tertiary/aromatic N) is 3. The Bertz CT molecular complexity index is 1290. The lowest BCUT2D eigenvalue weighted by molar-refractivity contribution is -0.130. The van der Waals surface area contributed by atoms with Gasteiger partial charge in [-0.25, -0.2) is 4.98 Å². The van der Waals surface area contributed by atoms with Crippen LogP contribution in [0.2, 0.25) is 0 Å². The molecule has 1 aliphatic rings. The highest BCUT2D eigenvalue weighted by atomic mass is 32.2. The van der Waals surface area contributed by atoms with Gasteiger partial charge in [-0.1, -0.05) is 35.6 Å². The van der Waals surface area contributed by atoms with E-state index in [0.29, 0.717) is 54.7 Å². The summed E-state index contributed by atoms with van der Waals surface area (Å²) in [5, 5.41) is 15.7. The summed E-state index contributed by atoms with van der Waals surface area (Å²) < 4.78 is 0.960. The normalized spacial score (nSPS) is 14.2. The third kappa shape index (κ3) is 8.12. The number of hydrogen-bond acceptors (Lipinski definition) is 8. The van der Waals surface area contributed by atoms with Crippen molar-refractivity contribution in [1.29, 1.82) is 0 Å². The fourth-order valence-corrected chi connectivity index (χ4v) is 5.85. The number of thioether (sulfide) groups is 1. The Morgan fingerprint density at radius 1 is 1.03 bits per heavy atom. The minimum atomic E-state index is -0.223. The van der Waals surface area contributed by atoms with Crippen molar-refractivity contribution in [3.63, 3.8) is 0 Å². The van der Waals surface area contributed by atoms with Crippen LogP contribution in [0.1, 0.15) is 45.7 Å². The summed E-state index contributed by atoms with van der Waals surface area (Å²) in [5.41, 5.74) is 3.24. The zero-order valence-corrected chi connectivity index (χ0v) is 23.7. The van der Waals surface area contributed by atoms with E-state index >= 15 is 0 Å². The molecule has 2 aromatic carbocycles. The summed E-state index contributed by atoms with van der Waals surface area (Å²) in [5.74, 6) is 0.467. The van der Waals surface area contributed by atoms with E-state index in [1.807, 2.05) is 43.3 Å². The number of aliphatic hydroxyl groups excluding tert-OH is 1. The van der Waals surface area contributed by atoms with Gasteiger partial charge in [-0.05, 0) is 42.3 Å². The molecule has 206 valence electrons. The van der Waals surface area contributed by atoms with Crippen molar-refractivity contribution in [1.82, 2.24) is 20.1 Å². The van der Waals surface area contributed by atoms with Crippen LogP contribution in [0.5, 0.6) is 0 Å². The molecule has 0 aliphatic carbocycles. The molecule has 0 bridgehead atoms. The topological polar surface area (TPSA) is 115 Å². The SMILES string of the molecule is CC(=O)N1CCN(C(=O)c2cccc(CSc3cnc(NC(=O)c4ccc(CNC(C)CO)cc4)s3)c2)CC1. The van der Waals surface area contributed by atoms with Gasteiger partial charge in [0.05, 0.1) is 17.0 Å². The number of amides is 3. The van der Waals surface area contributed by atoms with Crippen LogP contribution in [0.15, 0.2) is 58.9 Å². The summed E-state index contributed by atoms with van der Waals surface area (Å²) in [6.07, 6.45) is 1.74. The number of carbonyl (C=O) groups excluding carboxylic acids is 3. The molecule has 4 rings (SSSR count). The maximum Gasteiger partial charge on any atom is 0.257 e. The number of thiazole rings is 1. The molecular formula is C28H33N5O4S2. The molecule has 1 atom stereocenters. The molecule has 1 aliphatic heterocycles. The van der Waals surface area contributed by atoms with E-state index < -0.39 is 0 Å². The van der Waals surface area contributed by atoms with Crippen LogP contribution in [0, 0.1) is 0 Å². The molecule has 2 heterocycles. The second-order valence-electron chi connectivity index (χ2n) is 9.39. The first-order valence-electron chi connectivity index (χ1n) is 12.8. The van der Waals surface area contributed by atoms with Crippen LogP contribution in [0.4, 0.5) is 5.13 Å². The Hall–Kier alpha value is -3.25. The van der Waals surface area contributed by atoms with E-state index in [4.69, 9.17) is 5.11 Å². The molecule has 39 heavy (non-hydrogen) atoms. The van der Waals surface area contributed by atoms with E-state index in [1.165, 1.54) is 11.3 Å². The molecule has 3 amide bonds. The van der Waals surface area contributed by atoms with Crippen LogP contribution in [-0.2, 0) is 17.1 Å². The fourth-order valence-electron chi connectivity index (χ4n) is 4.04. The predicted molar refractivity (Wildman–Crippen MR) is 154 cm³/mol. The molecule has 0 saturated carbocycles. The van der Waals surface area contributed by atoms with Crippen LogP contribution in [0.25, 0.3) is 0 Å². The van der Waals surface area contributed by atoms with Crippen molar-refractivity contribution >= 4 is 46.0 Å². The van der Waals surface area contributed by atoms with E-state index in [0.717, 1.165) is 15.3 Å². The Morgan fingerprint density at radius 3 is 2.44 bits per heavy atom. The van der Waals surface area contributed by atoms with Crippen LogP contribution >= 0.6 is 23.1 Å². The summed E-state index contributed by atoms with van der Waals surface area (Å²) in [7, 11) is 0. The van der Waals surface area contributed by atoms with Crippen molar-refractivity contribution in [3.05, 3.63) is 77.0 Å². The number of nitrogens with one attached hydrogen (secondary N) is 2. The van der Waals surface area contributed by atoms with Crippen molar-refractivity contribution in [2.24, 2.45) is 0 Å². The van der Waals surface area contributed by atoms with Gasteiger partial charge in [0, 0.05) is 62.6 Å². The number of hydrogen-bond donors (Lipinski definition) is 3. The number of aromatic nitrogens is 1. The Balaban J connectivity index is 1.27. The van der Waals surface area contributed by atoms with E-state index in [9.17, 15) is 14.4 Å². The molecule has 1 aromatic heterocycles. The molecule has 3 N–H and O–H groups in total. The second-order valence-corrected chi connectivity index (χ2v) is 11.7. The van der Waals surface area contributed by atoms with E-state index in [2.05, 4.69) is 15.6 Å². The molecular weight excluding hydrogens is 534 g/mol. The predicted octanol–water partition coefficient (Wildman–Crippen LogP) is 3.46. The minimum absolute atomic E-state index is 0.0114. The minimum Gasteiger partial charge on any atom is -0.395 e. The third-order valence-electron chi connectivity index (χ3n) is 6.42. The first kappa shape index (κ1) is 28.8. The number of carbonyl (C=O) groups is 3. The quantitative estimate of drug-likeness (QED) is 0.322. The molecule has 1 fully saturated rings. The Kier molecular flexibility index (Phi) is 10.1. The molecule has 3 aromatic rings. The molecule has 9 nitrogen and oxygen atoms in total. The van der Waals surface area contributed by atoms with Crippen LogP contribution in [0.3, 0.4) is 0 Å². The summed E-state index contributed by atoms with van der Waals surface area (Å²) in [6.45, 7) is 6.36. The van der Waals surface area contributed by atoms with Gasteiger partial charge in [0.2, 0.25) is 5.91 Å². The lowest BCUT2D eigenvalue weighted by Gasteiger charge is -2.34. The number of aliphatic hydroxyl groups is 1. The van der Waals surface area contributed by atoms with Crippen LogP contribution in [-0.4, -0.2) is 76.4 Å². The van der Waals surface area contributed by atoms with Gasteiger partial charge in [0.25, 0.3) is 11.8 Å². The van der Waals surface area contributed by atoms with Gasteiger partial charge in [0.15, 0.2) is 5.13 Å². The summed E-state index contributed by atoms with van der Waals surface area (Å²) in [4.78, 5) is 45.1. The van der Waals surface area contributed by atoms with Crippen molar-refractivity contribution in [2.75, 3.05) is 38.1 Å². The third-order valence-corrected chi connectivity index (χ3v) is 8.60. The number of rotatable bonds is 10. The average Bonchev–Trinajstić information content (AvgIpc) is 3.41. The molecule has 11 heteroatoms. The van der Waals surface area contributed by atoms with Crippen molar-refractivity contribution < 1.29 is 19.5 Å². The van der Waals surface area contributed by atoms with Gasteiger partial charge in [0.1, 0.15) is 0 Å². The monoisotopic (exact) mass is 567 g/mol. The second kappa shape index (κ2) is 13.7. The fraction of sp³-hybridized carbons (Fsp3) is 0.357.